The number of hydrogen-bond acceptors (Lipinski definition) is 6. The van der Waals surface area contributed by atoms with Gasteiger partial charge in [-0.2, -0.15) is 0 Å². The lowest BCUT2D eigenvalue weighted by atomic mass is 9.94. The highest BCUT2D eigenvalue weighted by Crippen LogP contribution is 2.31. The van der Waals surface area contributed by atoms with E-state index in [4.69, 9.17) is 9.47 Å². The van der Waals surface area contributed by atoms with Crippen molar-refractivity contribution in [1.82, 2.24) is 15.5 Å². The fraction of sp³-hybridized carbons (Fsp3) is 0.636. The first-order chi connectivity index (χ1) is 20.3. The van der Waals surface area contributed by atoms with Crippen LogP contribution in [0.3, 0.4) is 0 Å². The first-order valence-electron chi connectivity index (χ1n) is 15.8. The van der Waals surface area contributed by atoms with Gasteiger partial charge in [-0.1, -0.05) is 43.0 Å². The molecular formula is C33H45N3O6. The Morgan fingerprint density at radius 1 is 1.05 bits per heavy atom. The van der Waals surface area contributed by atoms with E-state index in [9.17, 15) is 19.2 Å². The van der Waals surface area contributed by atoms with Crippen LogP contribution < -0.4 is 15.4 Å². The van der Waals surface area contributed by atoms with Crippen LogP contribution in [0.25, 0.3) is 0 Å². The second-order valence-corrected chi connectivity index (χ2v) is 12.4. The van der Waals surface area contributed by atoms with E-state index >= 15 is 0 Å². The quantitative estimate of drug-likeness (QED) is 0.391. The van der Waals surface area contributed by atoms with Gasteiger partial charge in [-0.05, 0) is 76.0 Å². The van der Waals surface area contributed by atoms with Gasteiger partial charge in [0, 0.05) is 19.4 Å². The molecule has 0 radical (unpaired) electrons. The summed E-state index contributed by atoms with van der Waals surface area (Å²) in [6.45, 7) is 3.28. The molecule has 3 amide bonds. The Labute approximate surface area is 248 Å². The van der Waals surface area contributed by atoms with Crippen LogP contribution in [0.1, 0.15) is 89.5 Å². The van der Waals surface area contributed by atoms with Gasteiger partial charge in [0.15, 0.2) is 5.78 Å². The van der Waals surface area contributed by atoms with E-state index in [0.717, 1.165) is 74.7 Å². The van der Waals surface area contributed by atoms with E-state index in [1.807, 2.05) is 24.3 Å². The van der Waals surface area contributed by atoms with Crippen LogP contribution in [0.5, 0.6) is 5.75 Å². The molecule has 5 aliphatic rings. The molecule has 4 heterocycles. The van der Waals surface area contributed by atoms with Gasteiger partial charge in [0.25, 0.3) is 0 Å². The number of carbonyl (C=O) groups excluding carboxylic acids is 4. The van der Waals surface area contributed by atoms with Gasteiger partial charge in [0.05, 0.1) is 19.3 Å². The summed E-state index contributed by atoms with van der Waals surface area (Å²) >= 11 is 0. The molecule has 4 aliphatic heterocycles. The lowest BCUT2D eigenvalue weighted by Crippen LogP contribution is -2.57. The zero-order chi connectivity index (χ0) is 29.5. The lowest BCUT2D eigenvalue weighted by molar-refractivity contribution is -0.139. The van der Waals surface area contributed by atoms with Crippen molar-refractivity contribution in [3.63, 3.8) is 0 Å². The molecule has 4 atom stereocenters. The first kappa shape index (κ1) is 30.3. The monoisotopic (exact) mass is 579 g/mol. The van der Waals surface area contributed by atoms with Crippen molar-refractivity contribution in [1.29, 1.82) is 0 Å². The zero-order valence-electron chi connectivity index (χ0n) is 24.8. The van der Waals surface area contributed by atoms with Gasteiger partial charge in [0.1, 0.15) is 23.4 Å². The third-order valence-electron chi connectivity index (χ3n) is 9.01. The second kappa shape index (κ2) is 13.8. The number of epoxide rings is 1. The number of nitrogens with one attached hydrogen (secondary N) is 2. The van der Waals surface area contributed by atoms with Crippen LogP contribution in [0, 0.1) is 0 Å². The summed E-state index contributed by atoms with van der Waals surface area (Å²) < 4.78 is 11.3. The smallest absolute Gasteiger partial charge is 0.243 e. The van der Waals surface area contributed by atoms with Crippen molar-refractivity contribution in [3.8, 4) is 5.75 Å². The molecule has 6 rings (SSSR count). The Morgan fingerprint density at radius 3 is 2.55 bits per heavy atom. The number of ether oxygens (including phenoxy) is 2. The summed E-state index contributed by atoms with van der Waals surface area (Å²) in [5.41, 5.74) is 1.15. The Kier molecular flexibility index (Phi) is 9.98. The molecular weight excluding hydrogens is 534 g/mol. The van der Waals surface area contributed by atoms with E-state index in [1.54, 1.807) is 11.8 Å². The minimum atomic E-state index is -0.912. The fourth-order valence-corrected chi connectivity index (χ4v) is 6.30. The maximum absolute atomic E-state index is 13.9. The Bertz CT molecular complexity index is 1170. The zero-order valence-corrected chi connectivity index (χ0v) is 24.8. The molecule has 228 valence electrons. The SMILES string of the molecule is C[C@]1(C(=O)[C@H](CC2=CCCC2)NC(=O)[C@@H]2Cc3ccc(cc3)OCCCCCCCC(=O)N3CCC[C@H]3C(=O)N2)CO1. The number of rotatable bonds is 6. The van der Waals surface area contributed by atoms with E-state index in [1.165, 1.54) is 0 Å². The van der Waals surface area contributed by atoms with Gasteiger partial charge >= 0.3 is 0 Å². The van der Waals surface area contributed by atoms with E-state index < -0.39 is 29.6 Å². The molecule has 2 bridgehead atoms. The van der Waals surface area contributed by atoms with Crippen LogP contribution in [-0.2, 0) is 30.3 Å². The van der Waals surface area contributed by atoms with E-state index in [2.05, 4.69) is 16.7 Å². The Balaban J connectivity index is 1.36. The van der Waals surface area contributed by atoms with Gasteiger partial charge in [0.2, 0.25) is 17.7 Å². The number of nitrogens with zero attached hydrogens (tertiary/aromatic N) is 1. The fourth-order valence-electron chi connectivity index (χ4n) is 6.30. The minimum absolute atomic E-state index is 0.00152. The topological polar surface area (TPSA) is 117 Å². The average Bonchev–Trinajstić information content (AvgIpc) is 3.34. The number of carbonyl (C=O) groups is 4. The maximum atomic E-state index is 13.9. The van der Waals surface area contributed by atoms with Crippen molar-refractivity contribution < 1.29 is 28.7 Å². The summed E-state index contributed by atoms with van der Waals surface area (Å²) in [7, 11) is 0. The van der Waals surface area contributed by atoms with Gasteiger partial charge in [-0.3, -0.25) is 19.2 Å². The molecule has 0 aromatic heterocycles. The molecule has 1 aliphatic carbocycles. The first-order valence-corrected chi connectivity index (χ1v) is 15.8. The average molecular weight is 580 g/mol. The van der Waals surface area contributed by atoms with Crippen molar-refractivity contribution in [2.45, 2.75) is 114 Å². The predicted molar refractivity (Wildman–Crippen MR) is 158 cm³/mol. The highest BCUT2D eigenvalue weighted by Gasteiger charge is 2.50. The number of allylic oxidation sites excluding steroid dienone is 1. The van der Waals surface area contributed by atoms with Crippen molar-refractivity contribution >= 4 is 23.5 Å². The van der Waals surface area contributed by atoms with Crippen LogP contribution >= 0.6 is 0 Å². The largest absolute Gasteiger partial charge is 0.494 e. The predicted octanol–water partition coefficient (Wildman–Crippen LogP) is 3.78. The molecule has 2 fully saturated rings. The number of Topliss-reactive ketones (excluding diaryl/α,β-unsaturated/α-hetero) is 1. The van der Waals surface area contributed by atoms with Gasteiger partial charge in [-0.15, -0.1) is 0 Å². The van der Waals surface area contributed by atoms with Crippen LogP contribution in [-0.4, -0.2) is 71.9 Å². The molecule has 0 spiro atoms. The summed E-state index contributed by atoms with van der Waals surface area (Å²) in [5.74, 6) is -0.107. The number of benzene rings is 1. The lowest BCUT2D eigenvalue weighted by Gasteiger charge is -2.28. The third kappa shape index (κ3) is 7.79. The van der Waals surface area contributed by atoms with Gasteiger partial charge < -0.3 is 25.0 Å². The molecule has 9 nitrogen and oxygen atoms in total. The summed E-state index contributed by atoms with van der Waals surface area (Å²) in [4.78, 5) is 55.6. The highest BCUT2D eigenvalue weighted by molar-refractivity contribution is 5.98. The summed E-state index contributed by atoms with van der Waals surface area (Å²) in [5, 5.41) is 5.95. The molecule has 9 heteroatoms. The third-order valence-corrected chi connectivity index (χ3v) is 9.01. The number of hydrogen-bond donors (Lipinski definition) is 2. The van der Waals surface area contributed by atoms with Crippen LogP contribution in [0.2, 0.25) is 0 Å². The van der Waals surface area contributed by atoms with E-state index in [0.29, 0.717) is 39.0 Å². The molecule has 0 saturated carbocycles. The van der Waals surface area contributed by atoms with Crippen molar-refractivity contribution in [2.24, 2.45) is 0 Å². The van der Waals surface area contributed by atoms with Crippen molar-refractivity contribution in [3.05, 3.63) is 41.5 Å². The Morgan fingerprint density at radius 2 is 1.81 bits per heavy atom. The molecule has 42 heavy (non-hydrogen) atoms. The number of ketones is 1. The molecule has 1 aromatic carbocycles. The maximum Gasteiger partial charge on any atom is 0.243 e. The number of amides is 3. The summed E-state index contributed by atoms with van der Waals surface area (Å²) in [6.07, 6.45) is 12.3. The van der Waals surface area contributed by atoms with Crippen LogP contribution in [0.4, 0.5) is 0 Å². The second-order valence-electron chi connectivity index (χ2n) is 12.4. The van der Waals surface area contributed by atoms with E-state index in [-0.39, 0.29) is 24.0 Å². The standard InChI is InChI=1S/C33H45N3O6/c1-33(22-42-33)30(38)26(20-23-10-6-7-11-23)34-31(39)27-21-24-14-16-25(17-15-24)41-19-8-4-2-3-5-13-29(37)36-18-9-12-28(36)32(40)35-27/h10,14-17,26-28H,2-9,11-13,18-22H2,1H3,(H,34,39)(H,35,40)/t26-,27-,28-,33+/m0/s1. The molecule has 2 N–H and O–H groups in total. The Hall–Kier alpha value is -3.20. The summed E-state index contributed by atoms with van der Waals surface area (Å²) in [6, 6.07) is 5.36. The van der Waals surface area contributed by atoms with Crippen LogP contribution in [0.15, 0.2) is 35.9 Å². The normalized spacial score (nSPS) is 27.9. The minimum Gasteiger partial charge on any atom is -0.494 e. The van der Waals surface area contributed by atoms with Gasteiger partial charge in [-0.25, -0.2) is 0 Å². The molecule has 2 saturated heterocycles. The molecule has 0 unspecified atom stereocenters. The molecule has 1 aromatic rings. The highest BCUT2D eigenvalue weighted by atomic mass is 16.6. The van der Waals surface area contributed by atoms with Crippen molar-refractivity contribution in [2.75, 3.05) is 19.8 Å². The number of fused-ring (bicyclic) bond motifs is 13.